The van der Waals surface area contributed by atoms with E-state index in [1.807, 2.05) is 0 Å². The molecule has 1 aliphatic carbocycles. The van der Waals surface area contributed by atoms with E-state index in [1.165, 1.54) is 64.6 Å². The Balaban J connectivity index is 1.40. The van der Waals surface area contributed by atoms with Crippen molar-refractivity contribution in [3.05, 3.63) is 0 Å². The standard InChI is InChI=1S/C15H28N2/c1-12-4-5-13(9-12)11-16-14-6-8-17-7-2-3-15(17)10-14/h12-16H,2-11H2,1H3. The second-order valence-corrected chi connectivity index (χ2v) is 6.75. The summed E-state index contributed by atoms with van der Waals surface area (Å²) in [5, 5.41) is 3.87. The van der Waals surface area contributed by atoms with Crippen LogP contribution < -0.4 is 5.32 Å². The van der Waals surface area contributed by atoms with Crippen molar-refractivity contribution in [2.24, 2.45) is 11.8 Å². The molecule has 1 N–H and O–H groups in total. The molecule has 0 aromatic carbocycles. The Labute approximate surface area is 106 Å². The minimum absolute atomic E-state index is 0.824. The van der Waals surface area contributed by atoms with E-state index in [1.54, 1.807) is 0 Å². The Morgan fingerprint density at radius 3 is 2.82 bits per heavy atom. The number of hydrogen-bond acceptors (Lipinski definition) is 2. The number of hydrogen-bond donors (Lipinski definition) is 1. The van der Waals surface area contributed by atoms with Crippen LogP contribution in [-0.4, -0.2) is 36.6 Å². The molecule has 0 aromatic rings. The van der Waals surface area contributed by atoms with E-state index in [0.717, 1.165) is 23.9 Å². The molecule has 4 atom stereocenters. The van der Waals surface area contributed by atoms with Crippen LogP contribution in [0.5, 0.6) is 0 Å². The summed E-state index contributed by atoms with van der Waals surface area (Å²) in [7, 11) is 0. The molecule has 0 radical (unpaired) electrons. The highest BCUT2D eigenvalue weighted by Gasteiger charge is 2.32. The Bertz CT molecular complexity index is 253. The molecule has 0 amide bonds. The van der Waals surface area contributed by atoms with Crippen molar-refractivity contribution in [2.45, 2.75) is 64.0 Å². The Morgan fingerprint density at radius 1 is 1.06 bits per heavy atom. The van der Waals surface area contributed by atoms with Crippen LogP contribution in [-0.2, 0) is 0 Å². The van der Waals surface area contributed by atoms with Crippen molar-refractivity contribution < 1.29 is 0 Å². The van der Waals surface area contributed by atoms with Gasteiger partial charge in [0.2, 0.25) is 0 Å². The lowest BCUT2D eigenvalue weighted by Crippen LogP contribution is -2.46. The number of nitrogens with zero attached hydrogens (tertiary/aromatic N) is 1. The zero-order valence-electron chi connectivity index (χ0n) is 11.3. The Hall–Kier alpha value is -0.0800. The minimum Gasteiger partial charge on any atom is -0.314 e. The summed E-state index contributed by atoms with van der Waals surface area (Å²) in [6.45, 7) is 6.43. The number of fused-ring (bicyclic) bond motifs is 1. The summed E-state index contributed by atoms with van der Waals surface area (Å²) >= 11 is 0. The molecule has 3 aliphatic rings. The molecular weight excluding hydrogens is 208 g/mol. The summed E-state index contributed by atoms with van der Waals surface area (Å²) in [5.41, 5.74) is 0. The monoisotopic (exact) mass is 236 g/mol. The molecule has 2 heteroatoms. The molecule has 2 nitrogen and oxygen atoms in total. The molecule has 3 rings (SSSR count). The van der Waals surface area contributed by atoms with Gasteiger partial charge in [-0.05, 0) is 70.0 Å². The molecule has 1 saturated carbocycles. The summed E-state index contributed by atoms with van der Waals surface area (Å²) < 4.78 is 0. The van der Waals surface area contributed by atoms with Crippen LogP contribution >= 0.6 is 0 Å². The molecule has 17 heavy (non-hydrogen) atoms. The van der Waals surface area contributed by atoms with Crippen molar-refractivity contribution in [1.29, 1.82) is 0 Å². The van der Waals surface area contributed by atoms with Gasteiger partial charge in [0.15, 0.2) is 0 Å². The summed E-state index contributed by atoms with van der Waals surface area (Å²) in [5.74, 6) is 1.96. The third kappa shape index (κ3) is 2.85. The van der Waals surface area contributed by atoms with Crippen LogP contribution in [0.1, 0.15) is 51.9 Å². The van der Waals surface area contributed by atoms with Crippen molar-refractivity contribution in [1.82, 2.24) is 10.2 Å². The van der Waals surface area contributed by atoms with Gasteiger partial charge in [-0.1, -0.05) is 13.3 Å². The number of piperidine rings is 1. The Kier molecular flexibility index (Phi) is 3.72. The highest BCUT2D eigenvalue weighted by molar-refractivity contribution is 4.89. The van der Waals surface area contributed by atoms with Gasteiger partial charge in [-0.2, -0.15) is 0 Å². The molecule has 2 saturated heterocycles. The fourth-order valence-corrected chi connectivity index (χ4v) is 4.25. The Morgan fingerprint density at radius 2 is 2.00 bits per heavy atom. The molecule has 2 aliphatic heterocycles. The molecule has 3 fully saturated rings. The average Bonchev–Trinajstić information content (AvgIpc) is 2.94. The third-order valence-electron chi connectivity index (χ3n) is 5.32. The summed E-state index contributed by atoms with van der Waals surface area (Å²) in [4.78, 5) is 2.72. The van der Waals surface area contributed by atoms with Gasteiger partial charge in [0.05, 0.1) is 0 Å². The van der Waals surface area contributed by atoms with Gasteiger partial charge in [-0.25, -0.2) is 0 Å². The molecule has 4 unspecified atom stereocenters. The largest absolute Gasteiger partial charge is 0.314 e. The van der Waals surface area contributed by atoms with Gasteiger partial charge in [-0.3, -0.25) is 0 Å². The molecule has 0 bridgehead atoms. The first-order valence-electron chi connectivity index (χ1n) is 7.78. The van der Waals surface area contributed by atoms with Crippen LogP contribution in [0.2, 0.25) is 0 Å². The van der Waals surface area contributed by atoms with E-state index in [2.05, 4.69) is 17.1 Å². The predicted octanol–water partition coefficient (Wildman–Crippen LogP) is 2.64. The first-order chi connectivity index (χ1) is 8.31. The molecule has 98 valence electrons. The van der Waals surface area contributed by atoms with Gasteiger partial charge in [-0.15, -0.1) is 0 Å². The lowest BCUT2D eigenvalue weighted by atomic mass is 9.96. The van der Waals surface area contributed by atoms with Gasteiger partial charge < -0.3 is 10.2 Å². The second kappa shape index (κ2) is 5.27. The highest BCUT2D eigenvalue weighted by Crippen LogP contribution is 2.31. The maximum absolute atomic E-state index is 3.87. The minimum atomic E-state index is 0.824. The van der Waals surface area contributed by atoms with Crippen LogP contribution in [0.15, 0.2) is 0 Å². The predicted molar refractivity (Wildman–Crippen MR) is 72.1 cm³/mol. The fraction of sp³-hybridized carbons (Fsp3) is 1.00. The second-order valence-electron chi connectivity index (χ2n) is 6.75. The smallest absolute Gasteiger partial charge is 0.0111 e. The van der Waals surface area contributed by atoms with Crippen LogP contribution in [0.4, 0.5) is 0 Å². The van der Waals surface area contributed by atoms with Gasteiger partial charge in [0, 0.05) is 12.1 Å². The highest BCUT2D eigenvalue weighted by atomic mass is 15.2. The third-order valence-corrected chi connectivity index (χ3v) is 5.32. The van der Waals surface area contributed by atoms with E-state index < -0.39 is 0 Å². The van der Waals surface area contributed by atoms with E-state index in [9.17, 15) is 0 Å². The lowest BCUT2D eigenvalue weighted by Gasteiger charge is -2.35. The first-order valence-corrected chi connectivity index (χ1v) is 7.78. The zero-order chi connectivity index (χ0) is 11.7. The molecule has 0 aromatic heterocycles. The SMILES string of the molecule is CC1CCC(CNC2CCN3CCCC3C2)C1. The van der Waals surface area contributed by atoms with Crippen molar-refractivity contribution >= 4 is 0 Å². The van der Waals surface area contributed by atoms with E-state index in [0.29, 0.717) is 0 Å². The van der Waals surface area contributed by atoms with Crippen molar-refractivity contribution in [3.8, 4) is 0 Å². The summed E-state index contributed by atoms with van der Waals surface area (Å²) in [6.07, 6.45) is 10.1. The van der Waals surface area contributed by atoms with Crippen molar-refractivity contribution in [2.75, 3.05) is 19.6 Å². The number of nitrogens with one attached hydrogen (secondary N) is 1. The molecule has 2 heterocycles. The lowest BCUT2D eigenvalue weighted by molar-refractivity contribution is 0.164. The average molecular weight is 236 g/mol. The van der Waals surface area contributed by atoms with E-state index >= 15 is 0 Å². The van der Waals surface area contributed by atoms with Gasteiger partial charge in [0.1, 0.15) is 0 Å². The topological polar surface area (TPSA) is 15.3 Å². The quantitative estimate of drug-likeness (QED) is 0.810. The maximum atomic E-state index is 3.87. The number of rotatable bonds is 3. The molecular formula is C15H28N2. The van der Waals surface area contributed by atoms with Gasteiger partial charge in [0.25, 0.3) is 0 Å². The first kappa shape index (κ1) is 12.0. The van der Waals surface area contributed by atoms with Crippen LogP contribution in [0.3, 0.4) is 0 Å². The van der Waals surface area contributed by atoms with E-state index in [-0.39, 0.29) is 0 Å². The van der Waals surface area contributed by atoms with Crippen LogP contribution in [0.25, 0.3) is 0 Å². The summed E-state index contributed by atoms with van der Waals surface area (Å²) in [6, 6.07) is 1.74. The maximum Gasteiger partial charge on any atom is 0.0111 e. The fourth-order valence-electron chi connectivity index (χ4n) is 4.25. The van der Waals surface area contributed by atoms with Crippen LogP contribution in [0, 0.1) is 11.8 Å². The molecule has 0 spiro atoms. The van der Waals surface area contributed by atoms with E-state index in [4.69, 9.17) is 0 Å². The van der Waals surface area contributed by atoms with Gasteiger partial charge >= 0.3 is 0 Å². The zero-order valence-corrected chi connectivity index (χ0v) is 11.3. The normalized spacial score (nSPS) is 42.9. The van der Waals surface area contributed by atoms with Crippen molar-refractivity contribution in [3.63, 3.8) is 0 Å².